The lowest BCUT2D eigenvalue weighted by atomic mass is 10.2. The highest BCUT2D eigenvalue weighted by atomic mass is 19.1. The Bertz CT molecular complexity index is 1600. The average Bonchev–Trinajstić information content (AvgIpc) is 3.61. The summed E-state index contributed by atoms with van der Waals surface area (Å²) >= 11 is 0. The molecule has 0 atom stereocenters. The number of aromatic nitrogens is 3. The molecule has 2 fully saturated rings. The fraction of sp³-hybridized carbons (Fsp3) is 0.300. The van der Waals surface area contributed by atoms with Crippen LogP contribution in [0.1, 0.15) is 30.1 Å². The Morgan fingerprint density at radius 2 is 1.93 bits per heavy atom. The number of hydrogen-bond donors (Lipinski definition) is 3. The van der Waals surface area contributed by atoms with Crippen LogP contribution in [0.3, 0.4) is 0 Å². The number of ether oxygens (including phenoxy) is 1. The lowest BCUT2D eigenvalue weighted by Gasteiger charge is -2.37. The second kappa shape index (κ2) is 11.4. The van der Waals surface area contributed by atoms with Gasteiger partial charge in [0.1, 0.15) is 11.7 Å². The van der Waals surface area contributed by atoms with E-state index in [4.69, 9.17) is 4.74 Å². The Balaban J connectivity index is 1.22. The number of para-hydroxylation sites is 1. The number of halogens is 2. The Kier molecular flexibility index (Phi) is 7.41. The summed E-state index contributed by atoms with van der Waals surface area (Å²) in [6.07, 6.45) is 4.10. The van der Waals surface area contributed by atoms with E-state index < -0.39 is 11.6 Å². The molecule has 0 radical (unpaired) electrons. The number of nitrogens with one attached hydrogen (secondary N) is 3. The molecule has 2 aromatic carbocycles. The quantitative estimate of drug-likeness (QED) is 0.185. The van der Waals surface area contributed by atoms with Gasteiger partial charge in [0, 0.05) is 72.8 Å². The van der Waals surface area contributed by atoms with E-state index >= 15 is 4.39 Å². The molecular weight excluding hydrogens is 526 g/mol. The molecule has 2 aliphatic rings. The van der Waals surface area contributed by atoms with Crippen molar-refractivity contribution >= 4 is 35.0 Å². The van der Waals surface area contributed by atoms with Gasteiger partial charge in [-0.25, -0.2) is 18.8 Å². The minimum Gasteiger partial charge on any atom is -0.468 e. The molecule has 4 aromatic rings. The van der Waals surface area contributed by atoms with Crippen molar-refractivity contribution < 1.29 is 13.5 Å². The molecule has 11 heteroatoms. The van der Waals surface area contributed by atoms with E-state index in [1.54, 1.807) is 19.1 Å². The summed E-state index contributed by atoms with van der Waals surface area (Å²) in [5.74, 6) is 0.820. The van der Waals surface area contributed by atoms with Gasteiger partial charge in [-0.05, 0) is 44.7 Å². The zero-order chi connectivity index (χ0) is 28.3. The van der Waals surface area contributed by atoms with E-state index in [1.165, 1.54) is 0 Å². The van der Waals surface area contributed by atoms with Gasteiger partial charge in [-0.1, -0.05) is 18.2 Å². The number of benzene rings is 2. The van der Waals surface area contributed by atoms with Gasteiger partial charge >= 0.3 is 0 Å². The number of hydrogen-bond acceptors (Lipinski definition) is 6. The molecule has 41 heavy (non-hydrogen) atoms. The number of anilines is 2. The molecule has 1 aliphatic heterocycles. The van der Waals surface area contributed by atoms with Gasteiger partial charge in [0.15, 0.2) is 29.9 Å². The molecule has 0 bridgehead atoms. The van der Waals surface area contributed by atoms with Crippen molar-refractivity contribution in [3.8, 4) is 5.75 Å². The number of nitrogens with zero attached hydrogens (tertiary/aromatic N) is 5. The molecule has 6 rings (SSSR count). The first kappa shape index (κ1) is 26.5. The number of H-pyrrole nitrogens is 2. The molecule has 1 saturated carbocycles. The highest BCUT2D eigenvalue weighted by Crippen LogP contribution is 2.39. The number of aryl methyl sites for hydroxylation is 1. The van der Waals surface area contributed by atoms with Crippen LogP contribution in [0.25, 0.3) is 10.9 Å². The highest BCUT2D eigenvalue weighted by molar-refractivity contribution is 5.94. The molecule has 3 heterocycles. The van der Waals surface area contributed by atoms with Crippen LogP contribution in [0.4, 0.5) is 20.3 Å². The number of aliphatic imine (C=N–C) groups is 2. The highest BCUT2D eigenvalue weighted by Gasteiger charge is 2.26. The Hall–Kier alpha value is -4.67. The normalized spacial score (nSPS) is 16.4. The van der Waals surface area contributed by atoms with Crippen LogP contribution in [0.5, 0.6) is 5.75 Å². The smallest absolute Gasteiger partial charge is 0.181 e. The lowest BCUT2D eigenvalue weighted by Crippen LogP contribution is -2.48. The van der Waals surface area contributed by atoms with Crippen molar-refractivity contribution in [2.24, 2.45) is 9.98 Å². The van der Waals surface area contributed by atoms with Gasteiger partial charge in [-0.2, -0.15) is 5.10 Å². The van der Waals surface area contributed by atoms with Gasteiger partial charge in [0.2, 0.25) is 0 Å². The first-order valence-corrected chi connectivity index (χ1v) is 13.7. The standard InChI is InChI=1S/C30H32F2N8O/c1-19-14-22-29(32)25(15-23(31)30(22)35-19)41-18-34-28(40-12-10-39(11-13-40)21-6-4-3-5-7-21)17-26(33-2)36-27-16-24(37-38-27)20-8-9-20/h3-7,14-17,20,35H,2,8-13,18H2,1H3,(H2,36,37,38)/b26-17+,34-28+. The SMILES string of the molecule is C=N/C(=C\C(=N/COc1cc(F)c2[nH]c(C)cc2c1F)N1CCN(c2ccccc2)CC1)Nc1cc(C2CC2)[nH]n1. The summed E-state index contributed by atoms with van der Waals surface area (Å²) in [4.78, 5) is 16.1. The van der Waals surface area contributed by atoms with Crippen molar-refractivity contribution in [2.75, 3.05) is 43.1 Å². The largest absolute Gasteiger partial charge is 0.468 e. The van der Waals surface area contributed by atoms with Crippen LogP contribution >= 0.6 is 0 Å². The fourth-order valence-corrected chi connectivity index (χ4v) is 5.06. The summed E-state index contributed by atoms with van der Waals surface area (Å²) in [6.45, 7) is 8.21. The number of amidine groups is 1. The molecule has 2 aromatic heterocycles. The second-order valence-corrected chi connectivity index (χ2v) is 10.3. The molecule has 0 spiro atoms. The van der Waals surface area contributed by atoms with Crippen LogP contribution < -0.4 is 15.0 Å². The van der Waals surface area contributed by atoms with Crippen LogP contribution in [-0.4, -0.2) is 65.5 Å². The first-order valence-electron chi connectivity index (χ1n) is 13.7. The maximum absolute atomic E-state index is 15.1. The summed E-state index contributed by atoms with van der Waals surface area (Å²) < 4.78 is 35.3. The minimum absolute atomic E-state index is 0.117. The molecular formula is C30H32F2N8O. The predicted molar refractivity (Wildman–Crippen MR) is 158 cm³/mol. The molecule has 0 unspecified atom stereocenters. The topological polar surface area (TPSA) is 96.9 Å². The minimum atomic E-state index is -0.630. The zero-order valence-corrected chi connectivity index (χ0v) is 22.8. The third-order valence-electron chi connectivity index (χ3n) is 7.38. The van der Waals surface area contributed by atoms with E-state index in [9.17, 15) is 4.39 Å². The van der Waals surface area contributed by atoms with Crippen molar-refractivity contribution in [3.63, 3.8) is 0 Å². The van der Waals surface area contributed by atoms with Gasteiger partial charge in [-0.15, -0.1) is 0 Å². The molecule has 1 saturated heterocycles. The summed E-state index contributed by atoms with van der Waals surface area (Å²) in [5.41, 5.74) is 3.04. The second-order valence-electron chi connectivity index (χ2n) is 10.3. The molecule has 9 nitrogen and oxygen atoms in total. The number of fused-ring (bicyclic) bond motifs is 1. The van der Waals surface area contributed by atoms with E-state index in [0.717, 1.165) is 43.4 Å². The Morgan fingerprint density at radius 3 is 2.66 bits per heavy atom. The third-order valence-corrected chi connectivity index (χ3v) is 7.38. The van der Waals surface area contributed by atoms with E-state index in [0.29, 0.717) is 42.2 Å². The number of aromatic amines is 2. The van der Waals surface area contributed by atoms with Crippen molar-refractivity contribution in [1.29, 1.82) is 0 Å². The maximum atomic E-state index is 15.1. The predicted octanol–water partition coefficient (Wildman–Crippen LogP) is 5.57. The van der Waals surface area contributed by atoms with Crippen molar-refractivity contribution in [1.82, 2.24) is 20.1 Å². The van der Waals surface area contributed by atoms with E-state index in [1.807, 2.05) is 24.3 Å². The maximum Gasteiger partial charge on any atom is 0.181 e. The van der Waals surface area contributed by atoms with Gasteiger partial charge < -0.3 is 24.8 Å². The number of piperazine rings is 1. The molecule has 3 N–H and O–H groups in total. The van der Waals surface area contributed by atoms with Crippen molar-refractivity contribution in [3.05, 3.63) is 83.5 Å². The fourth-order valence-electron chi connectivity index (χ4n) is 5.06. The molecule has 0 amide bonds. The summed E-state index contributed by atoms with van der Waals surface area (Å²) in [5, 5.41) is 10.8. The molecule has 212 valence electrons. The van der Waals surface area contributed by atoms with E-state index in [2.05, 4.69) is 59.1 Å². The summed E-state index contributed by atoms with van der Waals surface area (Å²) in [6, 6.07) is 14.8. The monoisotopic (exact) mass is 558 g/mol. The van der Waals surface area contributed by atoms with Crippen molar-refractivity contribution in [2.45, 2.75) is 25.7 Å². The average molecular weight is 559 g/mol. The van der Waals surface area contributed by atoms with Crippen LogP contribution in [-0.2, 0) is 0 Å². The van der Waals surface area contributed by atoms with E-state index in [-0.39, 0.29) is 23.4 Å². The number of rotatable bonds is 9. The third kappa shape index (κ3) is 5.93. The lowest BCUT2D eigenvalue weighted by molar-refractivity contribution is 0.308. The Morgan fingerprint density at radius 1 is 1.15 bits per heavy atom. The summed E-state index contributed by atoms with van der Waals surface area (Å²) in [7, 11) is 0. The first-order chi connectivity index (χ1) is 20.0. The van der Waals surface area contributed by atoms with Crippen LogP contribution in [0, 0.1) is 18.6 Å². The van der Waals surface area contributed by atoms with Crippen LogP contribution in [0.15, 0.2) is 70.4 Å². The van der Waals surface area contributed by atoms with Gasteiger partial charge in [0.05, 0.1) is 5.52 Å². The van der Waals surface area contributed by atoms with Gasteiger partial charge in [-0.3, -0.25) is 5.10 Å². The van der Waals surface area contributed by atoms with Gasteiger partial charge in [0.25, 0.3) is 0 Å². The van der Waals surface area contributed by atoms with Crippen LogP contribution in [0.2, 0.25) is 0 Å². The molecule has 1 aliphatic carbocycles. The Labute approximate surface area is 236 Å². The zero-order valence-electron chi connectivity index (χ0n) is 22.8.